The van der Waals surface area contributed by atoms with E-state index >= 15 is 0 Å². The van der Waals surface area contributed by atoms with Crippen LogP contribution < -0.4 is 0 Å². The molecule has 4 heterocycles. The monoisotopic (exact) mass is 625 g/mol. The van der Waals surface area contributed by atoms with Gasteiger partial charge in [0.1, 0.15) is 16.8 Å². The van der Waals surface area contributed by atoms with Gasteiger partial charge in [-0.3, -0.25) is 4.57 Å². The smallest absolute Gasteiger partial charge is 0.189 e. The number of nitriles is 1. The Hall–Kier alpha value is -7.15. The van der Waals surface area contributed by atoms with Crippen LogP contribution in [0.25, 0.3) is 93.0 Å². The van der Waals surface area contributed by atoms with E-state index in [0.29, 0.717) is 11.3 Å². The molecule has 6 heteroatoms. The highest BCUT2D eigenvalue weighted by Gasteiger charge is 2.18. The van der Waals surface area contributed by atoms with Crippen LogP contribution in [0.1, 0.15) is 5.56 Å². The highest BCUT2D eigenvalue weighted by Crippen LogP contribution is 2.39. The molecule has 0 atom stereocenters. The minimum atomic E-state index is 0.545. The number of hydrogen-bond donors (Lipinski definition) is 0. The quantitative estimate of drug-likeness (QED) is 0.184. The lowest BCUT2D eigenvalue weighted by Gasteiger charge is -2.13. The van der Waals surface area contributed by atoms with Crippen LogP contribution in [0, 0.1) is 17.9 Å². The lowest BCUT2D eigenvalue weighted by Crippen LogP contribution is -1.97. The molecule has 0 spiro atoms. The molecular weight excluding hydrogens is 603 g/mol. The van der Waals surface area contributed by atoms with Gasteiger partial charge in [-0.1, -0.05) is 48.5 Å². The normalized spacial score (nSPS) is 11.6. The molecule has 0 saturated carbocycles. The number of hydrogen-bond acceptors (Lipinski definition) is 3. The third-order valence-corrected chi connectivity index (χ3v) is 9.55. The molecule has 0 aliphatic heterocycles. The maximum Gasteiger partial charge on any atom is 0.189 e. The Kier molecular flexibility index (Phi) is 5.61. The van der Waals surface area contributed by atoms with Crippen molar-refractivity contribution in [1.29, 1.82) is 5.26 Å². The van der Waals surface area contributed by atoms with Gasteiger partial charge < -0.3 is 8.98 Å². The fourth-order valence-electron chi connectivity index (χ4n) is 7.42. The summed E-state index contributed by atoms with van der Waals surface area (Å²) >= 11 is 0. The third-order valence-electron chi connectivity index (χ3n) is 9.55. The summed E-state index contributed by atoms with van der Waals surface area (Å²) in [6, 6.07) is 47.2. The van der Waals surface area contributed by atoms with E-state index in [9.17, 15) is 5.26 Å². The van der Waals surface area contributed by atoms with Crippen molar-refractivity contribution in [1.82, 2.24) is 14.1 Å². The second-order valence-electron chi connectivity index (χ2n) is 12.3. The number of para-hydroxylation sites is 2. The SMILES string of the molecule is [C-]#[N+]c1cc(-c2cccc(-n3c4cc5oc6ccccc6c5cc4c4cccnc43)c2)cc(-n2c3ccccc3c3cc(C#N)ccc32)c1. The molecular formula is C43H23N5O. The molecule has 0 radical (unpaired) electrons. The number of fused-ring (bicyclic) bond motifs is 9. The van der Waals surface area contributed by atoms with E-state index in [2.05, 4.69) is 86.8 Å². The number of aromatic nitrogens is 3. The van der Waals surface area contributed by atoms with Crippen LogP contribution in [0.15, 0.2) is 144 Å². The summed E-state index contributed by atoms with van der Waals surface area (Å²) in [6.45, 7) is 8.01. The Morgan fingerprint density at radius 1 is 0.571 bits per heavy atom. The van der Waals surface area contributed by atoms with Gasteiger partial charge in [0.25, 0.3) is 0 Å². The summed E-state index contributed by atoms with van der Waals surface area (Å²) in [5.74, 6) is 0. The van der Waals surface area contributed by atoms with Crippen molar-refractivity contribution in [2.24, 2.45) is 0 Å². The van der Waals surface area contributed by atoms with Crippen LogP contribution in [0.3, 0.4) is 0 Å². The van der Waals surface area contributed by atoms with Gasteiger partial charge in [-0.2, -0.15) is 5.26 Å². The van der Waals surface area contributed by atoms with Crippen LogP contribution in [-0.2, 0) is 0 Å². The molecule has 4 aromatic heterocycles. The number of benzene rings is 6. The molecule has 0 unspecified atom stereocenters. The molecule has 226 valence electrons. The number of furan rings is 1. The molecule has 6 nitrogen and oxygen atoms in total. The van der Waals surface area contributed by atoms with Crippen molar-refractivity contribution < 1.29 is 4.42 Å². The first kappa shape index (κ1) is 27.0. The fourth-order valence-corrected chi connectivity index (χ4v) is 7.42. The zero-order valence-corrected chi connectivity index (χ0v) is 25.9. The van der Waals surface area contributed by atoms with E-state index < -0.39 is 0 Å². The van der Waals surface area contributed by atoms with Gasteiger partial charge in [-0.25, -0.2) is 9.83 Å². The van der Waals surface area contributed by atoms with Crippen molar-refractivity contribution in [2.45, 2.75) is 0 Å². The van der Waals surface area contributed by atoms with Crippen molar-refractivity contribution in [3.8, 4) is 28.6 Å². The molecule has 10 aromatic rings. The van der Waals surface area contributed by atoms with E-state index in [1.165, 1.54) is 0 Å². The van der Waals surface area contributed by atoms with Crippen LogP contribution in [-0.4, -0.2) is 14.1 Å². The average Bonchev–Trinajstić information content (AvgIpc) is 3.80. The van der Waals surface area contributed by atoms with Gasteiger partial charge in [0.2, 0.25) is 0 Å². The first-order valence-electron chi connectivity index (χ1n) is 16.0. The van der Waals surface area contributed by atoms with Crippen molar-refractivity contribution in [3.05, 3.63) is 157 Å². The molecule has 6 aromatic carbocycles. The van der Waals surface area contributed by atoms with E-state index in [-0.39, 0.29) is 0 Å². The first-order valence-corrected chi connectivity index (χ1v) is 16.0. The molecule has 0 saturated heterocycles. The van der Waals surface area contributed by atoms with Gasteiger partial charge in [0, 0.05) is 56.0 Å². The zero-order chi connectivity index (χ0) is 32.6. The van der Waals surface area contributed by atoms with E-state index in [1.807, 2.05) is 72.9 Å². The highest BCUT2D eigenvalue weighted by molar-refractivity contribution is 6.16. The molecule has 0 fully saturated rings. The Labute approximate surface area is 279 Å². The van der Waals surface area contributed by atoms with E-state index in [1.54, 1.807) is 0 Å². The van der Waals surface area contributed by atoms with Gasteiger partial charge >= 0.3 is 0 Å². The molecule has 0 amide bonds. The summed E-state index contributed by atoms with van der Waals surface area (Å²) in [4.78, 5) is 8.73. The summed E-state index contributed by atoms with van der Waals surface area (Å²) in [5.41, 5.74) is 10.5. The van der Waals surface area contributed by atoms with Gasteiger partial charge in [0.05, 0.1) is 34.8 Å². The molecule has 0 bridgehead atoms. The number of pyridine rings is 1. The van der Waals surface area contributed by atoms with E-state index in [4.69, 9.17) is 16.0 Å². The topological polar surface area (TPSA) is 64.0 Å². The van der Waals surface area contributed by atoms with Crippen molar-refractivity contribution in [3.63, 3.8) is 0 Å². The predicted molar refractivity (Wildman–Crippen MR) is 197 cm³/mol. The molecule has 0 aliphatic rings. The molecule has 0 N–H and O–H groups in total. The minimum absolute atomic E-state index is 0.545. The second kappa shape index (κ2) is 10.2. The van der Waals surface area contributed by atoms with Gasteiger partial charge in [-0.15, -0.1) is 0 Å². The fraction of sp³-hybridized carbons (Fsp3) is 0. The van der Waals surface area contributed by atoms with Crippen LogP contribution >= 0.6 is 0 Å². The lowest BCUT2D eigenvalue weighted by molar-refractivity contribution is 0.669. The largest absolute Gasteiger partial charge is 0.456 e. The summed E-state index contributed by atoms with van der Waals surface area (Å²) in [7, 11) is 0. The minimum Gasteiger partial charge on any atom is -0.456 e. The summed E-state index contributed by atoms with van der Waals surface area (Å²) < 4.78 is 10.7. The van der Waals surface area contributed by atoms with Crippen LogP contribution in [0.5, 0.6) is 0 Å². The Morgan fingerprint density at radius 3 is 2.27 bits per heavy atom. The van der Waals surface area contributed by atoms with Gasteiger partial charge in [0.15, 0.2) is 5.69 Å². The van der Waals surface area contributed by atoms with Gasteiger partial charge in [-0.05, 0) is 90.0 Å². The molecule has 10 rings (SSSR count). The summed E-state index contributed by atoms with van der Waals surface area (Å²) in [6.07, 6.45) is 1.83. The van der Waals surface area contributed by atoms with Crippen molar-refractivity contribution >= 4 is 71.4 Å². The average molecular weight is 626 g/mol. The van der Waals surface area contributed by atoms with E-state index in [0.717, 1.165) is 88.2 Å². The maximum absolute atomic E-state index is 9.61. The number of nitrogens with zero attached hydrogens (tertiary/aromatic N) is 5. The molecule has 49 heavy (non-hydrogen) atoms. The highest BCUT2D eigenvalue weighted by atomic mass is 16.3. The Morgan fingerprint density at radius 2 is 1.37 bits per heavy atom. The van der Waals surface area contributed by atoms with Crippen molar-refractivity contribution in [2.75, 3.05) is 0 Å². The second-order valence-corrected chi connectivity index (χ2v) is 12.3. The standard InChI is InChI=1S/C43H23N5O/c1-45-29-19-28(21-31(22-29)47-38-13-4-2-10-32(38)35-18-26(25-44)15-16-39(35)47)27-8-6-9-30(20-27)48-40-24-42-37(33-11-3-5-14-41(33)49-42)23-36(40)34-12-7-17-46-43(34)48/h2-24H. The predicted octanol–water partition coefficient (Wildman–Crippen LogP) is 11.3. The Bertz CT molecular complexity index is 3090. The lowest BCUT2D eigenvalue weighted by atomic mass is 10.0. The maximum atomic E-state index is 9.61. The third kappa shape index (κ3) is 3.96. The number of rotatable bonds is 3. The first-order chi connectivity index (χ1) is 24.2. The Balaban J connectivity index is 1.19. The zero-order valence-electron chi connectivity index (χ0n) is 25.9. The van der Waals surface area contributed by atoms with Crippen LogP contribution in [0.4, 0.5) is 5.69 Å². The summed E-state index contributed by atoms with van der Waals surface area (Å²) in [5, 5.41) is 16.0. The molecule has 0 aliphatic carbocycles. The van der Waals surface area contributed by atoms with Crippen LogP contribution in [0.2, 0.25) is 0 Å².